The normalized spacial score (nSPS) is 42.6. The Hall–Kier alpha value is -0.0800. The van der Waals surface area contributed by atoms with Gasteiger partial charge in [0.05, 0.1) is 0 Å². The van der Waals surface area contributed by atoms with Crippen molar-refractivity contribution in [3.05, 3.63) is 0 Å². The Bertz CT molecular complexity index is 294. The molecular weight excluding hydrogens is 232 g/mol. The first-order chi connectivity index (χ1) is 9.17. The van der Waals surface area contributed by atoms with Crippen molar-refractivity contribution < 1.29 is 0 Å². The van der Waals surface area contributed by atoms with E-state index in [1.165, 1.54) is 64.3 Å². The van der Waals surface area contributed by atoms with Gasteiger partial charge in [0, 0.05) is 18.1 Å². The highest BCUT2D eigenvalue weighted by atomic mass is 15.0. The summed E-state index contributed by atoms with van der Waals surface area (Å²) in [4.78, 5) is 0. The summed E-state index contributed by atoms with van der Waals surface area (Å²) in [7, 11) is 0. The highest BCUT2D eigenvalue weighted by Crippen LogP contribution is 2.40. The van der Waals surface area contributed by atoms with Gasteiger partial charge in [-0.3, -0.25) is 0 Å². The van der Waals surface area contributed by atoms with Gasteiger partial charge in [-0.05, 0) is 56.4 Å². The third-order valence-electron chi connectivity index (χ3n) is 6.11. The van der Waals surface area contributed by atoms with Gasteiger partial charge in [0.15, 0.2) is 0 Å². The van der Waals surface area contributed by atoms with Crippen LogP contribution < -0.4 is 10.6 Å². The van der Waals surface area contributed by atoms with Crippen molar-refractivity contribution in [1.29, 1.82) is 0 Å². The van der Waals surface area contributed by atoms with Crippen LogP contribution in [0.4, 0.5) is 0 Å². The quantitative estimate of drug-likeness (QED) is 0.815. The lowest BCUT2D eigenvalue weighted by Crippen LogP contribution is -2.51. The molecule has 0 aromatic heterocycles. The van der Waals surface area contributed by atoms with E-state index in [1.54, 1.807) is 0 Å². The molecule has 19 heavy (non-hydrogen) atoms. The third-order valence-corrected chi connectivity index (χ3v) is 6.11. The van der Waals surface area contributed by atoms with Crippen molar-refractivity contribution in [2.45, 2.75) is 89.8 Å². The summed E-state index contributed by atoms with van der Waals surface area (Å²) in [6.45, 7) is 6.17. The van der Waals surface area contributed by atoms with Crippen molar-refractivity contribution >= 4 is 0 Å². The second-order valence-electron chi connectivity index (χ2n) is 7.86. The van der Waals surface area contributed by atoms with Crippen LogP contribution >= 0.6 is 0 Å². The van der Waals surface area contributed by atoms with Crippen LogP contribution in [0.25, 0.3) is 0 Å². The molecule has 0 aromatic carbocycles. The minimum absolute atomic E-state index is 0.521. The van der Waals surface area contributed by atoms with E-state index >= 15 is 0 Å². The first-order valence-electron chi connectivity index (χ1n) is 8.66. The van der Waals surface area contributed by atoms with Gasteiger partial charge in [0.25, 0.3) is 0 Å². The Morgan fingerprint density at radius 1 is 0.947 bits per heavy atom. The fraction of sp³-hybridized carbons (Fsp3) is 1.00. The van der Waals surface area contributed by atoms with Gasteiger partial charge in [-0.25, -0.2) is 0 Å². The lowest BCUT2D eigenvalue weighted by Gasteiger charge is -2.37. The summed E-state index contributed by atoms with van der Waals surface area (Å²) in [5, 5.41) is 7.87. The molecule has 4 unspecified atom stereocenters. The second-order valence-corrected chi connectivity index (χ2v) is 7.86. The molecule has 2 N–H and O–H groups in total. The van der Waals surface area contributed by atoms with E-state index in [1.807, 2.05) is 0 Å². The highest BCUT2D eigenvalue weighted by Gasteiger charge is 2.40. The maximum Gasteiger partial charge on any atom is 0.0121 e. The van der Waals surface area contributed by atoms with Gasteiger partial charge in [0.2, 0.25) is 0 Å². The van der Waals surface area contributed by atoms with Gasteiger partial charge >= 0.3 is 0 Å². The molecule has 0 aromatic rings. The average Bonchev–Trinajstić information content (AvgIpc) is 2.99. The maximum absolute atomic E-state index is 4.08. The van der Waals surface area contributed by atoms with Crippen molar-refractivity contribution in [1.82, 2.24) is 10.6 Å². The zero-order chi connectivity index (χ0) is 13.3. The molecule has 4 atom stereocenters. The Kier molecular flexibility index (Phi) is 4.19. The molecule has 3 aliphatic rings. The summed E-state index contributed by atoms with van der Waals surface area (Å²) < 4.78 is 0. The number of piperidine rings is 1. The SMILES string of the molecule is CC1(C)CCCC1NC1CCCC1C1CCCCN1. The molecule has 1 saturated heterocycles. The first-order valence-corrected chi connectivity index (χ1v) is 8.66. The molecule has 0 radical (unpaired) electrons. The number of hydrogen-bond donors (Lipinski definition) is 2. The van der Waals surface area contributed by atoms with E-state index in [4.69, 9.17) is 0 Å². The maximum atomic E-state index is 4.08. The Morgan fingerprint density at radius 3 is 2.53 bits per heavy atom. The van der Waals surface area contributed by atoms with Crippen LogP contribution in [0.15, 0.2) is 0 Å². The number of rotatable bonds is 3. The molecule has 2 heteroatoms. The van der Waals surface area contributed by atoms with Crippen molar-refractivity contribution in [2.75, 3.05) is 6.54 Å². The standard InChI is InChI=1S/C17H32N2/c1-17(2)11-6-10-16(17)19-15-9-5-7-13(15)14-8-3-4-12-18-14/h13-16,18-19H,3-12H2,1-2H3. The topological polar surface area (TPSA) is 24.1 Å². The second kappa shape index (κ2) is 5.73. The van der Waals surface area contributed by atoms with Crippen molar-refractivity contribution in [2.24, 2.45) is 11.3 Å². The van der Waals surface area contributed by atoms with Crippen LogP contribution in [0.3, 0.4) is 0 Å². The minimum atomic E-state index is 0.521. The van der Waals surface area contributed by atoms with Crippen LogP contribution in [0.5, 0.6) is 0 Å². The molecule has 0 amide bonds. The molecule has 2 aliphatic carbocycles. The molecule has 3 rings (SSSR count). The van der Waals surface area contributed by atoms with Crippen LogP contribution in [0, 0.1) is 11.3 Å². The molecule has 110 valence electrons. The number of nitrogens with one attached hydrogen (secondary N) is 2. The molecule has 1 heterocycles. The molecular formula is C17H32N2. The highest BCUT2D eigenvalue weighted by molar-refractivity contribution is 4.98. The average molecular weight is 264 g/mol. The smallest absolute Gasteiger partial charge is 0.0121 e. The van der Waals surface area contributed by atoms with E-state index in [9.17, 15) is 0 Å². The van der Waals surface area contributed by atoms with E-state index in [0.29, 0.717) is 5.41 Å². The summed E-state index contributed by atoms with van der Waals surface area (Å²) in [5.41, 5.74) is 0.521. The predicted octanol–water partition coefficient (Wildman–Crippen LogP) is 3.47. The van der Waals surface area contributed by atoms with Gasteiger partial charge in [-0.15, -0.1) is 0 Å². The van der Waals surface area contributed by atoms with Crippen LogP contribution in [0.2, 0.25) is 0 Å². The van der Waals surface area contributed by atoms with E-state index in [0.717, 1.165) is 24.0 Å². The summed E-state index contributed by atoms with van der Waals surface area (Å²) >= 11 is 0. The molecule has 1 aliphatic heterocycles. The zero-order valence-corrected chi connectivity index (χ0v) is 12.9. The van der Waals surface area contributed by atoms with Gasteiger partial charge in [-0.2, -0.15) is 0 Å². The summed E-state index contributed by atoms with van der Waals surface area (Å²) in [5.74, 6) is 0.900. The van der Waals surface area contributed by atoms with Gasteiger partial charge in [-0.1, -0.05) is 33.1 Å². The van der Waals surface area contributed by atoms with Crippen molar-refractivity contribution in [3.8, 4) is 0 Å². The fourth-order valence-corrected chi connectivity index (χ4v) is 4.82. The number of hydrogen-bond acceptors (Lipinski definition) is 2. The van der Waals surface area contributed by atoms with Crippen LogP contribution in [-0.2, 0) is 0 Å². The Labute approximate surface area is 119 Å². The van der Waals surface area contributed by atoms with E-state index in [2.05, 4.69) is 24.5 Å². The molecule has 3 fully saturated rings. The molecule has 0 bridgehead atoms. The van der Waals surface area contributed by atoms with Crippen LogP contribution in [-0.4, -0.2) is 24.7 Å². The fourth-order valence-electron chi connectivity index (χ4n) is 4.82. The van der Waals surface area contributed by atoms with E-state index in [-0.39, 0.29) is 0 Å². The lowest BCUT2D eigenvalue weighted by molar-refractivity contribution is 0.206. The third kappa shape index (κ3) is 3.00. The zero-order valence-electron chi connectivity index (χ0n) is 12.9. The van der Waals surface area contributed by atoms with Crippen molar-refractivity contribution in [3.63, 3.8) is 0 Å². The van der Waals surface area contributed by atoms with Gasteiger partial charge in [0.1, 0.15) is 0 Å². The van der Waals surface area contributed by atoms with Gasteiger partial charge < -0.3 is 10.6 Å². The van der Waals surface area contributed by atoms with Crippen LogP contribution in [0.1, 0.15) is 71.6 Å². The first kappa shape index (κ1) is 13.9. The van der Waals surface area contributed by atoms with E-state index < -0.39 is 0 Å². The molecule has 2 saturated carbocycles. The predicted molar refractivity (Wildman–Crippen MR) is 81.3 cm³/mol. The molecule has 2 nitrogen and oxygen atoms in total. The summed E-state index contributed by atoms with van der Waals surface area (Å²) in [6.07, 6.45) is 12.8. The monoisotopic (exact) mass is 264 g/mol. The Morgan fingerprint density at radius 2 is 1.84 bits per heavy atom. The largest absolute Gasteiger partial charge is 0.314 e. The Balaban J connectivity index is 1.60. The summed E-state index contributed by atoms with van der Waals surface area (Å²) in [6, 6.07) is 2.36. The minimum Gasteiger partial charge on any atom is -0.314 e. The molecule has 0 spiro atoms. The lowest BCUT2D eigenvalue weighted by atomic mass is 9.84.